The predicted molar refractivity (Wildman–Crippen MR) is 116 cm³/mol. The number of methoxy groups -OCH3 is 1. The van der Waals surface area contributed by atoms with Crippen molar-refractivity contribution in [2.45, 2.75) is 39.3 Å². The number of nitrogens with zero attached hydrogens (tertiary/aromatic N) is 4. The standard InChI is InChI=1S/C22H25N5O4/c1-5-7-15-12-31-18-11-14(21(29)30-4)10-16-19(18)27(15)22(23-16)24-20(28)17-9-13(3)25-26(17)8-6-2/h5,9-11,15H,1,6-8,12H2,2-4H3,(H,23,24,28)/t15-/m0/s1. The van der Waals surface area contributed by atoms with Gasteiger partial charge in [0.1, 0.15) is 23.6 Å². The first-order valence-corrected chi connectivity index (χ1v) is 10.2. The summed E-state index contributed by atoms with van der Waals surface area (Å²) in [6.07, 6.45) is 3.30. The third-order valence-corrected chi connectivity index (χ3v) is 5.20. The Bertz CT molecular complexity index is 1180. The van der Waals surface area contributed by atoms with Crippen LogP contribution in [0.15, 0.2) is 30.9 Å². The molecule has 0 saturated heterocycles. The molecule has 3 heterocycles. The summed E-state index contributed by atoms with van der Waals surface area (Å²) < 4.78 is 14.4. The molecule has 1 N–H and O–H groups in total. The van der Waals surface area contributed by atoms with E-state index >= 15 is 0 Å². The van der Waals surface area contributed by atoms with E-state index in [1.54, 1.807) is 29.0 Å². The number of aromatic nitrogens is 4. The molecule has 0 fully saturated rings. The summed E-state index contributed by atoms with van der Waals surface area (Å²) in [6, 6.07) is 4.95. The van der Waals surface area contributed by atoms with Crippen LogP contribution in [0.4, 0.5) is 5.95 Å². The van der Waals surface area contributed by atoms with Crippen LogP contribution >= 0.6 is 0 Å². The minimum absolute atomic E-state index is 0.0865. The number of esters is 1. The van der Waals surface area contributed by atoms with Crippen molar-refractivity contribution in [2.75, 3.05) is 19.0 Å². The van der Waals surface area contributed by atoms with E-state index in [9.17, 15) is 9.59 Å². The molecule has 4 rings (SSSR count). The summed E-state index contributed by atoms with van der Waals surface area (Å²) in [6.45, 7) is 8.73. The molecule has 0 bridgehead atoms. The van der Waals surface area contributed by atoms with Gasteiger partial charge in [0.2, 0.25) is 5.95 Å². The van der Waals surface area contributed by atoms with Crippen LogP contribution in [0.25, 0.3) is 11.0 Å². The lowest BCUT2D eigenvalue weighted by atomic mass is 10.1. The average molecular weight is 423 g/mol. The highest BCUT2D eigenvalue weighted by molar-refractivity contribution is 6.04. The van der Waals surface area contributed by atoms with Crippen LogP contribution in [-0.2, 0) is 11.3 Å². The summed E-state index contributed by atoms with van der Waals surface area (Å²) in [5, 5.41) is 7.34. The predicted octanol–water partition coefficient (Wildman–Crippen LogP) is 3.50. The van der Waals surface area contributed by atoms with Crippen LogP contribution in [0.1, 0.15) is 52.3 Å². The van der Waals surface area contributed by atoms with Crippen molar-refractivity contribution in [3.63, 3.8) is 0 Å². The molecule has 1 amide bonds. The van der Waals surface area contributed by atoms with Crippen LogP contribution in [0.3, 0.4) is 0 Å². The number of imidazole rings is 1. The van der Waals surface area contributed by atoms with Gasteiger partial charge in [-0.15, -0.1) is 6.58 Å². The third-order valence-electron chi connectivity index (χ3n) is 5.20. The summed E-state index contributed by atoms with van der Waals surface area (Å²) in [5.41, 5.74) is 2.85. The fraction of sp³-hybridized carbons (Fsp3) is 0.364. The molecule has 0 unspecified atom stereocenters. The fourth-order valence-corrected chi connectivity index (χ4v) is 3.89. The smallest absolute Gasteiger partial charge is 0.338 e. The normalized spacial score (nSPS) is 14.9. The highest BCUT2D eigenvalue weighted by atomic mass is 16.5. The molecule has 1 aliphatic rings. The zero-order chi connectivity index (χ0) is 22.1. The van der Waals surface area contributed by atoms with Gasteiger partial charge in [0, 0.05) is 6.54 Å². The Hall–Kier alpha value is -3.62. The number of nitrogens with one attached hydrogen (secondary N) is 1. The van der Waals surface area contributed by atoms with Crippen LogP contribution in [0.5, 0.6) is 5.75 Å². The molecule has 0 radical (unpaired) electrons. The highest BCUT2D eigenvalue weighted by Crippen LogP contribution is 2.38. The van der Waals surface area contributed by atoms with Crippen molar-refractivity contribution in [3.05, 3.63) is 47.8 Å². The van der Waals surface area contributed by atoms with E-state index in [1.807, 2.05) is 18.4 Å². The molecule has 162 valence electrons. The van der Waals surface area contributed by atoms with Gasteiger partial charge in [-0.3, -0.25) is 19.4 Å². The van der Waals surface area contributed by atoms with Crippen molar-refractivity contribution < 1.29 is 19.1 Å². The number of carbonyl (C=O) groups is 2. The quantitative estimate of drug-likeness (QED) is 0.461. The molecule has 1 atom stereocenters. The van der Waals surface area contributed by atoms with Crippen molar-refractivity contribution in [3.8, 4) is 5.75 Å². The monoisotopic (exact) mass is 423 g/mol. The molecule has 2 aromatic heterocycles. The Morgan fingerprint density at radius 3 is 2.90 bits per heavy atom. The fourth-order valence-electron chi connectivity index (χ4n) is 3.89. The number of benzene rings is 1. The maximum absolute atomic E-state index is 13.1. The topological polar surface area (TPSA) is 100 Å². The number of hydrogen-bond acceptors (Lipinski definition) is 6. The number of aryl methyl sites for hydroxylation is 2. The van der Waals surface area contributed by atoms with E-state index in [0.29, 0.717) is 48.0 Å². The van der Waals surface area contributed by atoms with Gasteiger partial charge in [-0.1, -0.05) is 13.0 Å². The number of allylic oxidation sites excluding steroid dienone is 1. The summed E-state index contributed by atoms with van der Waals surface area (Å²) in [4.78, 5) is 29.8. The van der Waals surface area contributed by atoms with Gasteiger partial charge < -0.3 is 9.47 Å². The van der Waals surface area contributed by atoms with Gasteiger partial charge in [-0.2, -0.15) is 5.10 Å². The Morgan fingerprint density at radius 1 is 1.39 bits per heavy atom. The summed E-state index contributed by atoms with van der Waals surface area (Å²) >= 11 is 0. The van der Waals surface area contributed by atoms with Crippen LogP contribution in [-0.4, -0.2) is 44.9 Å². The van der Waals surface area contributed by atoms with E-state index in [1.165, 1.54) is 7.11 Å². The van der Waals surface area contributed by atoms with Crippen molar-refractivity contribution in [1.29, 1.82) is 0 Å². The molecule has 31 heavy (non-hydrogen) atoms. The first-order chi connectivity index (χ1) is 15.0. The maximum atomic E-state index is 13.1. The molecule has 1 aromatic carbocycles. The maximum Gasteiger partial charge on any atom is 0.338 e. The second-order valence-corrected chi connectivity index (χ2v) is 7.48. The van der Waals surface area contributed by atoms with E-state index < -0.39 is 5.97 Å². The van der Waals surface area contributed by atoms with Gasteiger partial charge in [0.25, 0.3) is 5.91 Å². The van der Waals surface area contributed by atoms with Gasteiger partial charge >= 0.3 is 5.97 Å². The zero-order valence-electron chi connectivity index (χ0n) is 17.8. The van der Waals surface area contributed by atoms with E-state index in [2.05, 4.69) is 22.0 Å². The molecule has 1 aliphatic heterocycles. The SMILES string of the molecule is C=CC[C@H]1COc2cc(C(=O)OC)cc3nc(NC(=O)c4cc(C)nn4CCC)n1c23. The second-order valence-electron chi connectivity index (χ2n) is 7.48. The lowest BCUT2D eigenvalue weighted by Gasteiger charge is -2.26. The van der Waals surface area contributed by atoms with Crippen molar-refractivity contribution in [2.24, 2.45) is 0 Å². The van der Waals surface area contributed by atoms with Crippen LogP contribution in [0.2, 0.25) is 0 Å². The Morgan fingerprint density at radius 2 is 2.19 bits per heavy atom. The van der Waals surface area contributed by atoms with E-state index in [0.717, 1.165) is 17.6 Å². The van der Waals surface area contributed by atoms with Gasteiger partial charge in [0.05, 0.1) is 29.9 Å². The van der Waals surface area contributed by atoms with E-state index in [-0.39, 0.29) is 11.9 Å². The number of anilines is 1. The third kappa shape index (κ3) is 3.67. The van der Waals surface area contributed by atoms with Crippen molar-refractivity contribution in [1.82, 2.24) is 19.3 Å². The summed E-state index contributed by atoms with van der Waals surface area (Å²) in [7, 11) is 1.32. The molecule has 0 saturated carbocycles. The second kappa shape index (κ2) is 8.25. The molecule has 9 heteroatoms. The Balaban J connectivity index is 1.80. The lowest BCUT2D eigenvalue weighted by molar-refractivity contribution is 0.0600. The number of hydrogen-bond donors (Lipinski definition) is 1. The minimum Gasteiger partial charge on any atom is -0.489 e. The molecule has 0 spiro atoms. The first kappa shape index (κ1) is 20.6. The summed E-state index contributed by atoms with van der Waals surface area (Å²) in [5.74, 6) is 0.145. The lowest BCUT2D eigenvalue weighted by Crippen LogP contribution is -2.26. The molecular formula is C22H25N5O4. The first-order valence-electron chi connectivity index (χ1n) is 10.2. The van der Waals surface area contributed by atoms with Crippen molar-refractivity contribution >= 4 is 28.9 Å². The molecular weight excluding hydrogens is 398 g/mol. The molecule has 3 aromatic rings. The van der Waals surface area contributed by atoms with Gasteiger partial charge in [-0.25, -0.2) is 9.78 Å². The van der Waals surface area contributed by atoms with E-state index in [4.69, 9.17) is 9.47 Å². The van der Waals surface area contributed by atoms with Crippen LogP contribution < -0.4 is 10.1 Å². The molecule has 0 aliphatic carbocycles. The Kier molecular flexibility index (Phi) is 5.50. The van der Waals surface area contributed by atoms with Crippen LogP contribution in [0, 0.1) is 6.92 Å². The number of amides is 1. The van der Waals surface area contributed by atoms with Gasteiger partial charge in [-0.05, 0) is 38.0 Å². The zero-order valence-corrected chi connectivity index (χ0v) is 17.8. The average Bonchev–Trinajstić information content (AvgIpc) is 3.30. The number of carbonyl (C=O) groups excluding carboxylic acids is 2. The largest absolute Gasteiger partial charge is 0.489 e. The minimum atomic E-state index is -0.478. The number of rotatable bonds is 7. The highest BCUT2D eigenvalue weighted by Gasteiger charge is 2.29. The number of ether oxygens (including phenoxy) is 2. The van der Waals surface area contributed by atoms with Gasteiger partial charge in [0.15, 0.2) is 0 Å². The Labute approximate surface area is 179 Å². The molecule has 9 nitrogen and oxygen atoms in total.